The molecule has 18 heavy (non-hydrogen) atoms. The third-order valence-corrected chi connectivity index (χ3v) is 3.61. The van der Waals surface area contributed by atoms with E-state index in [0.717, 1.165) is 24.3 Å². The minimum Gasteiger partial charge on any atom is -0.389 e. The van der Waals surface area contributed by atoms with Crippen molar-refractivity contribution in [1.29, 1.82) is 5.26 Å². The standard InChI is InChI=1S/C15H20N2O/c1-11-4-3-7-17(10-11)15-8-13(9-16)5-6-14(15)12(2)18/h5-6,8,11-12,18H,3-4,7,10H2,1-2H3/t11?,12-/m1/s1. The summed E-state index contributed by atoms with van der Waals surface area (Å²) in [5.74, 6) is 0.673. The molecule has 0 amide bonds. The van der Waals surface area contributed by atoms with Gasteiger partial charge in [0.1, 0.15) is 0 Å². The molecule has 1 aliphatic rings. The largest absolute Gasteiger partial charge is 0.389 e. The summed E-state index contributed by atoms with van der Waals surface area (Å²) in [5.41, 5.74) is 2.60. The molecule has 2 rings (SSSR count). The number of hydrogen-bond acceptors (Lipinski definition) is 3. The van der Waals surface area contributed by atoms with Crippen LogP contribution in [0.1, 0.15) is 43.9 Å². The predicted molar refractivity (Wildman–Crippen MR) is 72.4 cm³/mol. The lowest BCUT2D eigenvalue weighted by Gasteiger charge is -2.34. The Morgan fingerprint density at radius 1 is 1.50 bits per heavy atom. The first-order valence-corrected chi connectivity index (χ1v) is 6.59. The summed E-state index contributed by atoms with van der Waals surface area (Å²) in [4.78, 5) is 2.30. The van der Waals surface area contributed by atoms with E-state index in [2.05, 4.69) is 17.9 Å². The third kappa shape index (κ3) is 2.65. The molecule has 0 spiro atoms. The Balaban J connectivity index is 2.37. The number of aliphatic hydroxyl groups is 1. The highest BCUT2D eigenvalue weighted by molar-refractivity contribution is 5.58. The Labute approximate surface area is 109 Å². The van der Waals surface area contributed by atoms with Crippen molar-refractivity contribution in [3.05, 3.63) is 29.3 Å². The highest BCUT2D eigenvalue weighted by atomic mass is 16.3. The van der Waals surface area contributed by atoms with E-state index in [4.69, 9.17) is 5.26 Å². The Bertz CT molecular complexity index is 462. The van der Waals surface area contributed by atoms with Gasteiger partial charge in [0.2, 0.25) is 0 Å². The summed E-state index contributed by atoms with van der Waals surface area (Å²) in [6.45, 7) is 6.05. The second-order valence-corrected chi connectivity index (χ2v) is 5.25. The summed E-state index contributed by atoms with van der Waals surface area (Å²) in [6.07, 6.45) is 1.94. The van der Waals surface area contributed by atoms with Gasteiger partial charge in [-0.3, -0.25) is 0 Å². The van der Waals surface area contributed by atoms with E-state index < -0.39 is 6.10 Å². The molecule has 1 saturated heterocycles. The van der Waals surface area contributed by atoms with Crippen molar-refractivity contribution in [2.75, 3.05) is 18.0 Å². The van der Waals surface area contributed by atoms with Gasteiger partial charge >= 0.3 is 0 Å². The van der Waals surface area contributed by atoms with Crippen LogP contribution in [0.2, 0.25) is 0 Å². The van der Waals surface area contributed by atoms with Crippen LogP contribution in [-0.4, -0.2) is 18.2 Å². The molecule has 3 nitrogen and oxygen atoms in total. The van der Waals surface area contributed by atoms with Crippen LogP contribution in [0.5, 0.6) is 0 Å². The van der Waals surface area contributed by atoms with Gasteiger partial charge in [-0.05, 0) is 37.8 Å². The van der Waals surface area contributed by atoms with Crippen LogP contribution in [0.15, 0.2) is 18.2 Å². The lowest BCUT2D eigenvalue weighted by atomic mass is 9.97. The van der Waals surface area contributed by atoms with Crippen molar-refractivity contribution in [1.82, 2.24) is 0 Å². The van der Waals surface area contributed by atoms with Gasteiger partial charge in [-0.2, -0.15) is 5.26 Å². The number of benzene rings is 1. The van der Waals surface area contributed by atoms with E-state index in [-0.39, 0.29) is 0 Å². The molecule has 96 valence electrons. The lowest BCUT2D eigenvalue weighted by Crippen LogP contribution is -2.35. The third-order valence-electron chi connectivity index (χ3n) is 3.61. The number of piperidine rings is 1. The first kappa shape index (κ1) is 12.9. The highest BCUT2D eigenvalue weighted by Gasteiger charge is 2.20. The van der Waals surface area contributed by atoms with Crippen molar-refractivity contribution in [3.63, 3.8) is 0 Å². The van der Waals surface area contributed by atoms with E-state index in [1.165, 1.54) is 12.8 Å². The summed E-state index contributed by atoms with van der Waals surface area (Å²) in [6, 6.07) is 7.73. The Morgan fingerprint density at radius 2 is 2.28 bits per heavy atom. The van der Waals surface area contributed by atoms with E-state index in [1.54, 1.807) is 13.0 Å². The number of nitriles is 1. The van der Waals surface area contributed by atoms with Gasteiger partial charge in [0.15, 0.2) is 0 Å². The number of aliphatic hydroxyl groups excluding tert-OH is 1. The van der Waals surface area contributed by atoms with Crippen molar-refractivity contribution in [3.8, 4) is 6.07 Å². The molecule has 1 heterocycles. The van der Waals surface area contributed by atoms with E-state index in [0.29, 0.717) is 11.5 Å². The van der Waals surface area contributed by atoms with Gasteiger partial charge < -0.3 is 10.0 Å². The average molecular weight is 244 g/mol. The maximum Gasteiger partial charge on any atom is 0.0992 e. The van der Waals surface area contributed by atoms with Gasteiger partial charge in [-0.25, -0.2) is 0 Å². The monoisotopic (exact) mass is 244 g/mol. The molecular formula is C15H20N2O. The van der Waals surface area contributed by atoms with Gasteiger partial charge in [0.05, 0.1) is 17.7 Å². The summed E-state index contributed by atoms with van der Waals surface area (Å²) < 4.78 is 0. The molecular weight excluding hydrogens is 224 g/mol. The fourth-order valence-electron chi connectivity index (χ4n) is 2.65. The second kappa shape index (κ2) is 5.41. The Hall–Kier alpha value is -1.53. The fraction of sp³-hybridized carbons (Fsp3) is 0.533. The molecule has 1 unspecified atom stereocenters. The Morgan fingerprint density at radius 3 is 2.89 bits per heavy atom. The molecule has 3 heteroatoms. The van der Waals surface area contributed by atoms with E-state index in [9.17, 15) is 5.11 Å². The maximum absolute atomic E-state index is 9.86. The van der Waals surface area contributed by atoms with Crippen molar-refractivity contribution < 1.29 is 5.11 Å². The minimum atomic E-state index is -0.495. The van der Waals surface area contributed by atoms with Gasteiger partial charge in [0.25, 0.3) is 0 Å². The first-order valence-electron chi connectivity index (χ1n) is 6.59. The van der Waals surface area contributed by atoms with E-state index in [1.807, 2.05) is 12.1 Å². The van der Waals surface area contributed by atoms with Gasteiger partial charge in [-0.1, -0.05) is 13.0 Å². The van der Waals surface area contributed by atoms with Crippen LogP contribution in [0, 0.1) is 17.2 Å². The zero-order valence-electron chi connectivity index (χ0n) is 11.1. The molecule has 1 aliphatic heterocycles. The molecule has 1 aromatic rings. The number of nitrogens with zero attached hydrogens (tertiary/aromatic N) is 2. The number of rotatable bonds is 2. The summed E-state index contributed by atoms with van der Waals surface area (Å²) >= 11 is 0. The lowest BCUT2D eigenvalue weighted by molar-refractivity contribution is 0.199. The van der Waals surface area contributed by atoms with Crippen LogP contribution in [0.3, 0.4) is 0 Å². The second-order valence-electron chi connectivity index (χ2n) is 5.25. The molecule has 0 aromatic heterocycles. The quantitative estimate of drug-likeness (QED) is 0.870. The molecule has 0 aliphatic carbocycles. The predicted octanol–water partition coefficient (Wildman–Crippen LogP) is 2.85. The summed E-state index contributed by atoms with van der Waals surface area (Å²) in [7, 11) is 0. The van der Waals surface area contributed by atoms with Crippen LogP contribution >= 0.6 is 0 Å². The maximum atomic E-state index is 9.86. The molecule has 0 saturated carbocycles. The van der Waals surface area contributed by atoms with Crippen LogP contribution in [0.4, 0.5) is 5.69 Å². The van der Waals surface area contributed by atoms with Crippen LogP contribution < -0.4 is 4.90 Å². The van der Waals surface area contributed by atoms with Crippen molar-refractivity contribution >= 4 is 5.69 Å². The normalized spacial score (nSPS) is 21.4. The van der Waals surface area contributed by atoms with Crippen molar-refractivity contribution in [2.45, 2.75) is 32.8 Å². The molecule has 0 bridgehead atoms. The van der Waals surface area contributed by atoms with E-state index >= 15 is 0 Å². The number of hydrogen-bond donors (Lipinski definition) is 1. The molecule has 0 radical (unpaired) electrons. The minimum absolute atomic E-state index is 0.495. The smallest absolute Gasteiger partial charge is 0.0992 e. The van der Waals surface area contributed by atoms with Crippen LogP contribution in [-0.2, 0) is 0 Å². The first-order chi connectivity index (χ1) is 8.61. The zero-order chi connectivity index (χ0) is 13.1. The average Bonchev–Trinajstić information content (AvgIpc) is 2.38. The van der Waals surface area contributed by atoms with Crippen LogP contribution in [0.25, 0.3) is 0 Å². The molecule has 1 N–H and O–H groups in total. The SMILES string of the molecule is CC1CCCN(c2cc(C#N)ccc2[C@@H](C)O)C1. The number of anilines is 1. The summed E-state index contributed by atoms with van der Waals surface area (Å²) in [5, 5.41) is 18.9. The highest BCUT2D eigenvalue weighted by Crippen LogP contribution is 2.30. The topological polar surface area (TPSA) is 47.3 Å². The molecule has 1 fully saturated rings. The van der Waals surface area contributed by atoms with Gasteiger partial charge in [0, 0.05) is 24.3 Å². The van der Waals surface area contributed by atoms with Gasteiger partial charge in [-0.15, -0.1) is 0 Å². The Kier molecular flexibility index (Phi) is 3.88. The molecule has 1 aromatic carbocycles. The fourth-order valence-corrected chi connectivity index (χ4v) is 2.65. The van der Waals surface area contributed by atoms with Crippen molar-refractivity contribution in [2.24, 2.45) is 5.92 Å². The zero-order valence-corrected chi connectivity index (χ0v) is 11.1. The molecule has 2 atom stereocenters.